The molecule has 1 saturated heterocycles. The molecule has 4 aliphatic carbocycles. The molecule has 8 atom stereocenters. The van der Waals surface area contributed by atoms with Crippen LogP contribution < -0.4 is 0 Å². The summed E-state index contributed by atoms with van der Waals surface area (Å²) in [6.07, 6.45) is 9.65. The third-order valence-corrected chi connectivity index (χ3v) is 11.6. The lowest BCUT2D eigenvalue weighted by atomic mass is 9.41. The van der Waals surface area contributed by atoms with Gasteiger partial charge in [0.15, 0.2) is 0 Å². The van der Waals surface area contributed by atoms with E-state index < -0.39 is 22.7 Å². The first-order chi connectivity index (χ1) is 17.7. The average Bonchev–Trinajstić information content (AvgIpc) is 3.42. The molecule has 37 heavy (non-hydrogen) atoms. The number of fused-ring (bicyclic) bond motifs is 5. The second-order valence-electron chi connectivity index (χ2n) is 13.0. The molecule has 0 unspecified atom stereocenters. The highest BCUT2D eigenvalue weighted by atomic mass is 16.5. The van der Waals surface area contributed by atoms with Crippen molar-refractivity contribution in [3.05, 3.63) is 11.6 Å². The van der Waals surface area contributed by atoms with Gasteiger partial charge >= 0.3 is 5.97 Å². The second-order valence-corrected chi connectivity index (χ2v) is 13.0. The summed E-state index contributed by atoms with van der Waals surface area (Å²) in [5.74, 6) is 0.0738. The van der Waals surface area contributed by atoms with E-state index in [1.807, 2.05) is 0 Å². The van der Waals surface area contributed by atoms with E-state index in [0.29, 0.717) is 45.3 Å². The Bertz CT molecular complexity index is 964. The van der Waals surface area contributed by atoms with Crippen LogP contribution in [0.4, 0.5) is 0 Å². The maximum atomic E-state index is 12.5. The van der Waals surface area contributed by atoms with E-state index in [-0.39, 0.29) is 29.1 Å². The molecule has 0 aromatic heterocycles. The summed E-state index contributed by atoms with van der Waals surface area (Å²) in [6.45, 7) is 7.53. The number of aliphatic hydroxyl groups is 3. The van der Waals surface area contributed by atoms with Gasteiger partial charge in [0.2, 0.25) is 0 Å². The molecule has 0 aromatic rings. The fourth-order valence-electron chi connectivity index (χ4n) is 9.61. The summed E-state index contributed by atoms with van der Waals surface area (Å²) in [5, 5.41) is 35.2. The molecule has 0 bridgehead atoms. The Labute approximate surface area is 220 Å². The van der Waals surface area contributed by atoms with Crippen molar-refractivity contribution >= 4 is 12.2 Å². The highest BCUT2D eigenvalue weighted by molar-refractivity contribution is 5.85. The molecule has 4 saturated carbocycles. The molecule has 2 aliphatic heterocycles. The smallest absolute Gasteiger partial charge is 0.331 e. The van der Waals surface area contributed by atoms with E-state index in [0.717, 1.165) is 64.1 Å². The van der Waals surface area contributed by atoms with E-state index in [2.05, 4.69) is 18.0 Å². The number of esters is 1. The van der Waals surface area contributed by atoms with E-state index in [1.165, 1.54) is 0 Å². The van der Waals surface area contributed by atoms with Crippen molar-refractivity contribution in [1.82, 2.24) is 4.90 Å². The average molecular weight is 517 g/mol. The minimum Gasteiger partial charge on any atom is -0.458 e. The summed E-state index contributed by atoms with van der Waals surface area (Å²) in [5.41, 5.74) is -1.65. The van der Waals surface area contributed by atoms with Crippen molar-refractivity contribution < 1.29 is 29.6 Å². The fraction of sp³-hybridized carbons (Fsp3) is 0.862. The maximum absolute atomic E-state index is 12.5. The number of aliphatic hydroxyl groups excluding tert-OH is 1. The van der Waals surface area contributed by atoms with E-state index in [1.54, 1.807) is 6.08 Å². The number of morpholine rings is 1. The predicted octanol–water partition coefficient (Wildman–Crippen LogP) is 2.10. The number of cyclic esters (lactones) is 1. The van der Waals surface area contributed by atoms with Crippen LogP contribution in [0.3, 0.4) is 0 Å². The van der Waals surface area contributed by atoms with Crippen LogP contribution in [0.2, 0.25) is 0 Å². The van der Waals surface area contributed by atoms with Crippen LogP contribution in [0, 0.1) is 28.6 Å². The minimum absolute atomic E-state index is 0.0658. The van der Waals surface area contributed by atoms with Gasteiger partial charge in [0.05, 0.1) is 37.1 Å². The molecule has 206 valence electrons. The van der Waals surface area contributed by atoms with Gasteiger partial charge < -0.3 is 24.8 Å². The van der Waals surface area contributed by atoms with Gasteiger partial charge in [0.1, 0.15) is 6.61 Å². The van der Waals surface area contributed by atoms with Gasteiger partial charge in [-0.15, -0.1) is 0 Å². The molecule has 2 heterocycles. The molecule has 6 aliphatic rings. The molecular weight excluding hydrogens is 472 g/mol. The third kappa shape index (κ3) is 3.96. The Balaban J connectivity index is 1.28. The van der Waals surface area contributed by atoms with Gasteiger partial charge in [-0.25, -0.2) is 4.79 Å². The monoisotopic (exact) mass is 516 g/mol. The van der Waals surface area contributed by atoms with Gasteiger partial charge in [0, 0.05) is 49.2 Å². The predicted molar refractivity (Wildman–Crippen MR) is 138 cm³/mol. The number of hydrogen-bond acceptors (Lipinski definition) is 8. The van der Waals surface area contributed by atoms with Gasteiger partial charge in [-0.1, -0.05) is 6.92 Å². The van der Waals surface area contributed by atoms with Gasteiger partial charge in [0.25, 0.3) is 0 Å². The summed E-state index contributed by atoms with van der Waals surface area (Å²) in [7, 11) is 0. The SMILES string of the molecule is C[C@]12CC[C@H]3[C@@H](CC[C@]4(O)C[C@@H](O)CC[C@]34C=NCCN3CCOCC3)[C@@]1(O)CC[C@@H]2C1=CC(=O)OC1. The van der Waals surface area contributed by atoms with Crippen LogP contribution in [-0.4, -0.2) is 95.7 Å². The van der Waals surface area contributed by atoms with Crippen molar-refractivity contribution in [2.24, 2.45) is 33.6 Å². The Morgan fingerprint density at radius 2 is 1.86 bits per heavy atom. The lowest BCUT2D eigenvalue weighted by Gasteiger charge is -2.65. The second kappa shape index (κ2) is 9.40. The Kier molecular flexibility index (Phi) is 6.59. The Hall–Kier alpha value is -1.32. The number of hydrogen-bond donors (Lipinski definition) is 3. The highest BCUT2D eigenvalue weighted by Crippen LogP contribution is 2.70. The maximum Gasteiger partial charge on any atom is 0.331 e. The van der Waals surface area contributed by atoms with Crippen LogP contribution in [0.15, 0.2) is 16.6 Å². The van der Waals surface area contributed by atoms with Crippen molar-refractivity contribution in [3.63, 3.8) is 0 Å². The van der Waals surface area contributed by atoms with Crippen LogP contribution in [0.5, 0.6) is 0 Å². The number of carbonyl (C=O) groups is 1. The van der Waals surface area contributed by atoms with Crippen LogP contribution >= 0.6 is 0 Å². The summed E-state index contributed by atoms with van der Waals surface area (Å²) in [6, 6.07) is 0. The molecule has 6 rings (SSSR count). The summed E-state index contributed by atoms with van der Waals surface area (Å²) in [4.78, 5) is 19.2. The number of aliphatic imine (C=N–C) groups is 1. The first-order valence-corrected chi connectivity index (χ1v) is 14.5. The molecular formula is C29H44N2O6. The van der Waals surface area contributed by atoms with Gasteiger partial charge in [-0.3, -0.25) is 9.89 Å². The third-order valence-electron chi connectivity index (χ3n) is 11.6. The number of rotatable bonds is 5. The van der Waals surface area contributed by atoms with Crippen molar-refractivity contribution in [2.75, 3.05) is 46.0 Å². The fourth-order valence-corrected chi connectivity index (χ4v) is 9.61. The zero-order valence-electron chi connectivity index (χ0n) is 22.2. The Morgan fingerprint density at radius 3 is 2.62 bits per heavy atom. The van der Waals surface area contributed by atoms with E-state index in [4.69, 9.17) is 14.5 Å². The summed E-state index contributed by atoms with van der Waals surface area (Å²) >= 11 is 0. The zero-order chi connectivity index (χ0) is 25.9. The van der Waals surface area contributed by atoms with Crippen LogP contribution in [0.1, 0.15) is 64.7 Å². The Morgan fingerprint density at radius 1 is 1.08 bits per heavy atom. The topological polar surface area (TPSA) is 112 Å². The number of ether oxygens (including phenoxy) is 2. The lowest BCUT2D eigenvalue weighted by Crippen LogP contribution is -2.68. The van der Waals surface area contributed by atoms with E-state index in [9.17, 15) is 20.1 Å². The van der Waals surface area contributed by atoms with Crippen molar-refractivity contribution in [3.8, 4) is 0 Å². The van der Waals surface area contributed by atoms with Gasteiger partial charge in [-0.2, -0.15) is 0 Å². The van der Waals surface area contributed by atoms with Crippen LogP contribution in [-0.2, 0) is 14.3 Å². The minimum atomic E-state index is -0.995. The standard InChI is InChI=1S/C29H44N2O6/c1-26-6-3-23-24(29(26,35)9-5-22(26)20-16-25(33)37-18-20)4-8-28(34)17-21(32)2-7-27(23,28)19-30-10-11-31-12-14-36-15-13-31/h16,19,21-24,32,34-35H,2-15,17-18H2,1H3/t21-,22+,23-,24+,26+,27-,28-,29-/m0/s1. The number of carbonyl (C=O) groups excluding carboxylic acids is 1. The number of nitrogens with zero attached hydrogens (tertiary/aromatic N) is 2. The van der Waals surface area contributed by atoms with Crippen LogP contribution in [0.25, 0.3) is 0 Å². The largest absolute Gasteiger partial charge is 0.458 e. The lowest BCUT2D eigenvalue weighted by molar-refractivity contribution is -0.237. The zero-order valence-corrected chi connectivity index (χ0v) is 22.2. The van der Waals surface area contributed by atoms with Crippen molar-refractivity contribution in [1.29, 1.82) is 0 Å². The van der Waals surface area contributed by atoms with E-state index >= 15 is 0 Å². The molecule has 0 amide bonds. The van der Waals surface area contributed by atoms with Crippen molar-refractivity contribution in [2.45, 2.75) is 82.0 Å². The molecule has 0 spiro atoms. The molecule has 0 aromatic carbocycles. The van der Waals surface area contributed by atoms with Gasteiger partial charge in [-0.05, 0) is 74.7 Å². The molecule has 8 heteroatoms. The first kappa shape index (κ1) is 25.9. The quantitative estimate of drug-likeness (QED) is 0.379. The molecule has 0 radical (unpaired) electrons. The molecule has 8 nitrogen and oxygen atoms in total. The normalized spacial score (nSPS) is 48.3. The molecule has 5 fully saturated rings. The summed E-state index contributed by atoms with van der Waals surface area (Å²) < 4.78 is 10.7. The highest BCUT2D eigenvalue weighted by Gasteiger charge is 2.71. The first-order valence-electron chi connectivity index (χ1n) is 14.5. The molecule has 3 N–H and O–H groups in total.